The number of aromatic nitrogens is 4. The van der Waals surface area contributed by atoms with E-state index >= 15 is 0 Å². The zero-order valence-corrected chi connectivity index (χ0v) is 17.8. The van der Waals surface area contributed by atoms with E-state index in [0.717, 1.165) is 42.8 Å². The number of hydrogen-bond acceptors (Lipinski definition) is 5. The summed E-state index contributed by atoms with van der Waals surface area (Å²) in [6.07, 6.45) is 3.15. The molecule has 0 aliphatic rings. The fourth-order valence-corrected chi connectivity index (χ4v) is 3.26. The van der Waals surface area contributed by atoms with Gasteiger partial charge in [-0.15, -0.1) is 5.10 Å². The van der Waals surface area contributed by atoms with Gasteiger partial charge in [0.25, 0.3) is 5.91 Å². The van der Waals surface area contributed by atoms with Crippen LogP contribution in [0.4, 0.5) is 0 Å². The van der Waals surface area contributed by atoms with Crippen LogP contribution in [0.2, 0.25) is 0 Å². The standard InChI is InChI=1S/C23H29N5O2/c1-4-6-13-30-15-17(5-2)18-10-8-11-19(14-18)28-23(26-22(27-28)21(24)29)20-12-7-9-16(3)25-20/h7-12,14,17H,4-6,13,15H2,1-3H3,(H2,24,29). The molecular formula is C23H29N5O2. The summed E-state index contributed by atoms with van der Waals surface area (Å²) < 4.78 is 7.50. The highest BCUT2D eigenvalue weighted by Gasteiger charge is 2.19. The van der Waals surface area contributed by atoms with Gasteiger partial charge in [0.2, 0.25) is 5.82 Å². The molecule has 7 heteroatoms. The molecule has 0 spiro atoms. The molecule has 0 radical (unpaired) electrons. The normalized spacial score (nSPS) is 12.1. The van der Waals surface area contributed by atoms with Crippen LogP contribution in [0.5, 0.6) is 0 Å². The Bertz CT molecular complexity index is 999. The van der Waals surface area contributed by atoms with Crippen molar-refractivity contribution in [2.45, 2.75) is 46.0 Å². The van der Waals surface area contributed by atoms with Crippen molar-refractivity contribution in [1.82, 2.24) is 19.7 Å². The number of primary amides is 1. The second-order valence-corrected chi connectivity index (χ2v) is 7.33. The lowest BCUT2D eigenvalue weighted by Gasteiger charge is -2.17. The maximum Gasteiger partial charge on any atom is 0.288 e. The van der Waals surface area contributed by atoms with Gasteiger partial charge in [-0.2, -0.15) is 0 Å². The van der Waals surface area contributed by atoms with Gasteiger partial charge < -0.3 is 10.5 Å². The summed E-state index contributed by atoms with van der Waals surface area (Å²) in [7, 11) is 0. The van der Waals surface area contributed by atoms with E-state index in [-0.39, 0.29) is 11.7 Å². The first kappa shape index (κ1) is 21.6. The highest BCUT2D eigenvalue weighted by molar-refractivity contribution is 5.89. The van der Waals surface area contributed by atoms with Crippen molar-refractivity contribution in [3.8, 4) is 17.2 Å². The van der Waals surface area contributed by atoms with E-state index in [9.17, 15) is 4.79 Å². The third kappa shape index (κ3) is 5.10. The van der Waals surface area contributed by atoms with Crippen LogP contribution in [0.1, 0.15) is 60.9 Å². The molecule has 2 heterocycles. The Morgan fingerprint density at radius 2 is 1.97 bits per heavy atom. The molecule has 1 unspecified atom stereocenters. The fourth-order valence-electron chi connectivity index (χ4n) is 3.26. The molecular weight excluding hydrogens is 378 g/mol. The molecule has 2 aromatic heterocycles. The van der Waals surface area contributed by atoms with Crippen molar-refractivity contribution >= 4 is 5.91 Å². The summed E-state index contributed by atoms with van der Waals surface area (Å²) in [6, 6.07) is 13.7. The molecule has 0 aliphatic carbocycles. The maximum absolute atomic E-state index is 11.7. The van der Waals surface area contributed by atoms with Crippen molar-refractivity contribution < 1.29 is 9.53 Å². The minimum absolute atomic E-state index is 0.0337. The van der Waals surface area contributed by atoms with Gasteiger partial charge in [-0.25, -0.2) is 14.6 Å². The van der Waals surface area contributed by atoms with E-state index in [1.165, 1.54) is 0 Å². The Morgan fingerprint density at radius 1 is 1.17 bits per heavy atom. The Balaban J connectivity index is 1.97. The molecule has 2 N–H and O–H groups in total. The smallest absolute Gasteiger partial charge is 0.288 e. The molecule has 1 atom stereocenters. The number of carbonyl (C=O) groups is 1. The van der Waals surface area contributed by atoms with Gasteiger partial charge in [0.05, 0.1) is 12.3 Å². The summed E-state index contributed by atoms with van der Waals surface area (Å²) in [4.78, 5) is 20.6. The van der Waals surface area contributed by atoms with E-state index in [1.807, 2.05) is 37.3 Å². The van der Waals surface area contributed by atoms with Crippen LogP contribution in [0.15, 0.2) is 42.5 Å². The maximum atomic E-state index is 11.7. The number of amides is 1. The van der Waals surface area contributed by atoms with Gasteiger partial charge in [-0.05, 0) is 49.6 Å². The Kier molecular flexibility index (Phi) is 7.30. The topological polar surface area (TPSA) is 95.9 Å². The second-order valence-electron chi connectivity index (χ2n) is 7.33. The predicted molar refractivity (Wildman–Crippen MR) is 117 cm³/mol. The van der Waals surface area contributed by atoms with Crippen LogP contribution in [0.25, 0.3) is 17.2 Å². The number of hydrogen-bond donors (Lipinski definition) is 1. The molecule has 3 rings (SSSR count). The summed E-state index contributed by atoms with van der Waals surface area (Å²) in [5.74, 6) is 0.0570. The number of pyridine rings is 1. The zero-order chi connectivity index (χ0) is 21.5. The summed E-state index contributed by atoms with van der Waals surface area (Å²) in [5.41, 5.74) is 8.90. The van der Waals surface area contributed by atoms with Crippen molar-refractivity contribution in [2.75, 3.05) is 13.2 Å². The first-order chi connectivity index (χ1) is 14.5. The fraction of sp³-hybridized carbons (Fsp3) is 0.391. The van der Waals surface area contributed by atoms with Crippen LogP contribution in [0.3, 0.4) is 0 Å². The largest absolute Gasteiger partial charge is 0.381 e. The number of ether oxygens (including phenoxy) is 1. The number of rotatable bonds is 10. The molecule has 3 aromatic rings. The van der Waals surface area contributed by atoms with Crippen molar-refractivity contribution in [1.29, 1.82) is 0 Å². The van der Waals surface area contributed by atoms with E-state index in [0.29, 0.717) is 18.1 Å². The molecule has 0 fully saturated rings. The average molecular weight is 408 g/mol. The van der Waals surface area contributed by atoms with Crippen molar-refractivity contribution in [2.24, 2.45) is 5.73 Å². The number of benzene rings is 1. The SMILES string of the molecule is CCCCOCC(CC)c1cccc(-n2nc(C(N)=O)nc2-c2cccc(C)n2)c1. The second kappa shape index (κ2) is 10.1. The number of unbranched alkanes of at least 4 members (excludes halogenated alkanes) is 1. The minimum atomic E-state index is -0.672. The number of nitrogens with zero attached hydrogens (tertiary/aromatic N) is 4. The molecule has 7 nitrogen and oxygen atoms in total. The van der Waals surface area contributed by atoms with E-state index < -0.39 is 5.91 Å². The Hall–Kier alpha value is -3.06. The average Bonchev–Trinajstić information content (AvgIpc) is 3.20. The van der Waals surface area contributed by atoms with Crippen molar-refractivity contribution in [3.63, 3.8) is 0 Å². The van der Waals surface area contributed by atoms with Gasteiger partial charge in [0.1, 0.15) is 5.69 Å². The van der Waals surface area contributed by atoms with E-state index in [2.05, 4.69) is 41.0 Å². The molecule has 1 amide bonds. The van der Waals surface area contributed by atoms with Gasteiger partial charge >= 0.3 is 0 Å². The van der Waals surface area contributed by atoms with Crippen LogP contribution in [-0.2, 0) is 4.74 Å². The van der Waals surface area contributed by atoms with Crippen LogP contribution < -0.4 is 5.73 Å². The molecule has 30 heavy (non-hydrogen) atoms. The van der Waals surface area contributed by atoms with E-state index in [4.69, 9.17) is 10.5 Å². The number of aryl methyl sites for hydroxylation is 1. The van der Waals surface area contributed by atoms with Crippen LogP contribution >= 0.6 is 0 Å². The van der Waals surface area contributed by atoms with Gasteiger partial charge in [0.15, 0.2) is 5.82 Å². The third-order valence-electron chi connectivity index (χ3n) is 4.99. The predicted octanol–water partition coefficient (Wildman–Crippen LogP) is 4.05. The highest BCUT2D eigenvalue weighted by atomic mass is 16.5. The summed E-state index contributed by atoms with van der Waals surface area (Å²) >= 11 is 0. The lowest BCUT2D eigenvalue weighted by atomic mass is 9.97. The first-order valence-corrected chi connectivity index (χ1v) is 10.4. The van der Waals surface area contributed by atoms with Gasteiger partial charge in [0, 0.05) is 18.2 Å². The van der Waals surface area contributed by atoms with Gasteiger partial charge in [-0.3, -0.25) is 4.79 Å². The number of carbonyl (C=O) groups excluding carboxylic acids is 1. The van der Waals surface area contributed by atoms with Crippen LogP contribution in [-0.4, -0.2) is 38.9 Å². The monoisotopic (exact) mass is 407 g/mol. The molecule has 1 aromatic carbocycles. The highest BCUT2D eigenvalue weighted by Crippen LogP contribution is 2.25. The van der Waals surface area contributed by atoms with Gasteiger partial charge in [-0.1, -0.05) is 38.5 Å². The first-order valence-electron chi connectivity index (χ1n) is 10.4. The lowest BCUT2D eigenvalue weighted by Crippen LogP contribution is -2.13. The zero-order valence-electron chi connectivity index (χ0n) is 17.8. The van der Waals surface area contributed by atoms with Crippen LogP contribution in [0, 0.1) is 6.92 Å². The van der Waals surface area contributed by atoms with E-state index in [1.54, 1.807) is 4.68 Å². The quantitative estimate of drug-likeness (QED) is 0.512. The number of nitrogens with two attached hydrogens (primary N) is 1. The minimum Gasteiger partial charge on any atom is -0.381 e. The summed E-state index contributed by atoms with van der Waals surface area (Å²) in [5, 5.41) is 4.36. The molecule has 0 bridgehead atoms. The summed E-state index contributed by atoms with van der Waals surface area (Å²) in [6.45, 7) is 7.67. The third-order valence-corrected chi connectivity index (χ3v) is 4.99. The van der Waals surface area contributed by atoms with Crippen molar-refractivity contribution in [3.05, 3.63) is 59.5 Å². The molecule has 158 valence electrons. The molecule has 0 saturated carbocycles. The lowest BCUT2D eigenvalue weighted by molar-refractivity contribution is 0.0990. The molecule has 0 aliphatic heterocycles. The Labute approximate surface area is 177 Å². The molecule has 0 saturated heterocycles. The Morgan fingerprint density at radius 3 is 2.67 bits per heavy atom.